The number of aromatic nitrogens is 1. The quantitative estimate of drug-likeness (QED) is 0.775. The van der Waals surface area contributed by atoms with Gasteiger partial charge in [-0.25, -0.2) is 9.37 Å². The molecule has 0 aliphatic heterocycles. The number of rotatable bonds is 5. The van der Waals surface area contributed by atoms with Crippen molar-refractivity contribution in [2.24, 2.45) is 0 Å². The summed E-state index contributed by atoms with van der Waals surface area (Å²) >= 11 is 7.24. The third-order valence-corrected chi connectivity index (χ3v) is 3.37. The van der Waals surface area contributed by atoms with Crippen LogP contribution in [0.25, 0.3) is 0 Å². The summed E-state index contributed by atoms with van der Waals surface area (Å²) in [6, 6.07) is 5.98. The summed E-state index contributed by atoms with van der Waals surface area (Å²) < 4.78 is 18.1. The highest BCUT2D eigenvalue weighted by Gasteiger charge is 2.01. The van der Waals surface area contributed by atoms with Gasteiger partial charge in [0.2, 0.25) is 0 Å². The number of thiazole rings is 1. The van der Waals surface area contributed by atoms with Gasteiger partial charge in [-0.15, -0.1) is 22.9 Å². The Morgan fingerprint density at radius 3 is 2.71 bits per heavy atom. The second kappa shape index (κ2) is 5.98. The number of nitrogens with zero attached hydrogens (tertiary/aromatic N) is 1. The molecule has 0 amide bonds. The van der Waals surface area contributed by atoms with Crippen LogP contribution >= 0.6 is 22.9 Å². The van der Waals surface area contributed by atoms with E-state index in [9.17, 15) is 4.39 Å². The Morgan fingerprint density at radius 2 is 2.06 bits per heavy atom. The molecule has 0 N–H and O–H groups in total. The monoisotopic (exact) mass is 271 g/mol. The lowest BCUT2D eigenvalue weighted by Gasteiger charge is -2.04. The Kier molecular flexibility index (Phi) is 4.34. The molecule has 2 aromatic rings. The van der Waals surface area contributed by atoms with Crippen LogP contribution in [-0.2, 0) is 12.3 Å². The number of halogens is 2. The number of alkyl halides is 1. The second-order valence-corrected chi connectivity index (χ2v) is 4.63. The summed E-state index contributed by atoms with van der Waals surface area (Å²) in [4.78, 5) is 4.32. The highest BCUT2D eigenvalue weighted by atomic mass is 35.5. The lowest BCUT2D eigenvalue weighted by Crippen LogP contribution is -2.01. The van der Waals surface area contributed by atoms with Crippen molar-refractivity contribution in [1.29, 1.82) is 0 Å². The summed E-state index contributed by atoms with van der Waals surface area (Å²) in [7, 11) is 0. The SMILES string of the molecule is Fc1ccc(OCCc2nc(CCl)cs2)cc1. The van der Waals surface area contributed by atoms with E-state index in [1.54, 1.807) is 23.5 Å². The van der Waals surface area contributed by atoms with E-state index in [1.807, 2.05) is 5.38 Å². The van der Waals surface area contributed by atoms with Crippen LogP contribution in [-0.4, -0.2) is 11.6 Å². The Labute approximate surface area is 108 Å². The molecule has 2 nitrogen and oxygen atoms in total. The zero-order chi connectivity index (χ0) is 12.1. The molecular formula is C12H11ClFNOS. The van der Waals surface area contributed by atoms with Crippen molar-refractivity contribution in [3.63, 3.8) is 0 Å². The lowest BCUT2D eigenvalue weighted by atomic mass is 10.3. The summed E-state index contributed by atoms with van der Waals surface area (Å²) in [6.07, 6.45) is 0.735. The van der Waals surface area contributed by atoms with Crippen molar-refractivity contribution >= 4 is 22.9 Å². The van der Waals surface area contributed by atoms with Crippen LogP contribution in [0, 0.1) is 5.82 Å². The molecule has 0 saturated heterocycles. The average molecular weight is 272 g/mol. The lowest BCUT2D eigenvalue weighted by molar-refractivity contribution is 0.321. The van der Waals surface area contributed by atoms with Gasteiger partial charge < -0.3 is 4.74 Å². The predicted molar refractivity (Wildman–Crippen MR) is 67.3 cm³/mol. The normalized spacial score (nSPS) is 10.5. The first kappa shape index (κ1) is 12.3. The number of ether oxygens (including phenoxy) is 1. The smallest absolute Gasteiger partial charge is 0.123 e. The van der Waals surface area contributed by atoms with Crippen LogP contribution in [0.4, 0.5) is 4.39 Å². The molecule has 0 atom stereocenters. The highest BCUT2D eigenvalue weighted by Crippen LogP contribution is 2.14. The van der Waals surface area contributed by atoms with Gasteiger partial charge in [-0.3, -0.25) is 0 Å². The molecule has 0 aliphatic carbocycles. The van der Waals surface area contributed by atoms with E-state index in [0.717, 1.165) is 17.1 Å². The molecule has 0 unspecified atom stereocenters. The molecule has 1 aromatic carbocycles. The summed E-state index contributed by atoms with van der Waals surface area (Å²) in [5.41, 5.74) is 0.897. The third kappa shape index (κ3) is 3.68. The van der Waals surface area contributed by atoms with Crippen molar-refractivity contribution < 1.29 is 9.13 Å². The Balaban J connectivity index is 1.81. The fourth-order valence-corrected chi connectivity index (χ4v) is 2.32. The first-order valence-electron chi connectivity index (χ1n) is 5.15. The van der Waals surface area contributed by atoms with E-state index < -0.39 is 0 Å². The van der Waals surface area contributed by atoms with Crippen molar-refractivity contribution in [1.82, 2.24) is 4.98 Å². The van der Waals surface area contributed by atoms with E-state index in [0.29, 0.717) is 18.2 Å². The van der Waals surface area contributed by atoms with Crippen LogP contribution in [0.15, 0.2) is 29.6 Å². The van der Waals surface area contributed by atoms with Crippen molar-refractivity contribution in [2.75, 3.05) is 6.61 Å². The van der Waals surface area contributed by atoms with Crippen molar-refractivity contribution in [3.8, 4) is 5.75 Å². The van der Waals surface area contributed by atoms with Gasteiger partial charge in [-0.05, 0) is 24.3 Å². The van der Waals surface area contributed by atoms with Crippen molar-refractivity contribution in [3.05, 3.63) is 46.2 Å². The Bertz CT molecular complexity index is 472. The van der Waals surface area contributed by atoms with Gasteiger partial charge in [0.15, 0.2) is 0 Å². The zero-order valence-corrected chi connectivity index (χ0v) is 10.6. The third-order valence-electron chi connectivity index (χ3n) is 2.13. The van der Waals surface area contributed by atoms with Crippen LogP contribution in [0.5, 0.6) is 5.75 Å². The molecule has 5 heteroatoms. The molecule has 0 fully saturated rings. The summed E-state index contributed by atoms with van der Waals surface area (Å²) in [6.45, 7) is 0.529. The first-order valence-corrected chi connectivity index (χ1v) is 6.57. The van der Waals surface area contributed by atoms with Crippen LogP contribution in [0.2, 0.25) is 0 Å². The number of benzene rings is 1. The zero-order valence-electron chi connectivity index (χ0n) is 9.03. The summed E-state index contributed by atoms with van der Waals surface area (Å²) in [5.74, 6) is 0.847. The van der Waals surface area contributed by atoms with Crippen LogP contribution in [0.1, 0.15) is 10.7 Å². The molecule has 0 bridgehead atoms. The molecule has 0 spiro atoms. The molecular weight excluding hydrogens is 261 g/mol. The van der Waals surface area contributed by atoms with E-state index >= 15 is 0 Å². The maximum atomic E-state index is 12.6. The molecule has 0 saturated carbocycles. The highest BCUT2D eigenvalue weighted by molar-refractivity contribution is 7.09. The van der Waals surface area contributed by atoms with Gasteiger partial charge in [-0.1, -0.05) is 0 Å². The predicted octanol–water partition coefficient (Wildman–Crippen LogP) is 3.64. The fourth-order valence-electron chi connectivity index (χ4n) is 1.31. The van der Waals surface area contributed by atoms with Gasteiger partial charge in [0.25, 0.3) is 0 Å². The standard InChI is InChI=1S/C12H11ClFNOS/c13-7-10-8-17-12(15-10)5-6-16-11-3-1-9(14)2-4-11/h1-4,8H,5-7H2. The molecule has 0 aliphatic rings. The number of hydrogen-bond donors (Lipinski definition) is 0. The van der Waals surface area contributed by atoms with Gasteiger partial charge in [0.1, 0.15) is 11.6 Å². The minimum Gasteiger partial charge on any atom is -0.493 e. The first-order chi connectivity index (χ1) is 8.28. The topological polar surface area (TPSA) is 22.1 Å². The average Bonchev–Trinajstić information content (AvgIpc) is 2.80. The molecule has 2 rings (SSSR count). The minimum atomic E-state index is -0.260. The minimum absolute atomic E-state index is 0.260. The van der Waals surface area contributed by atoms with E-state index in [2.05, 4.69) is 4.98 Å². The van der Waals surface area contributed by atoms with Gasteiger partial charge >= 0.3 is 0 Å². The van der Waals surface area contributed by atoms with Gasteiger partial charge in [0, 0.05) is 11.8 Å². The molecule has 1 aromatic heterocycles. The van der Waals surface area contributed by atoms with E-state index in [1.165, 1.54) is 12.1 Å². The fraction of sp³-hybridized carbons (Fsp3) is 0.250. The largest absolute Gasteiger partial charge is 0.493 e. The Hall–Kier alpha value is -1.13. The maximum absolute atomic E-state index is 12.6. The van der Waals surface area contributed by atoms with E-state index in [4.69, 9.17) is 16.3 Å². The molecule has 1 heterocycles. The van der Waals surface area contributed by atoms with E-state index in [-0.39, 0.29) is 5.82 Å². The van der Waals surface area contributed by atoms with Crippen LogP contribution in [0.3, 0.4) is 0 Å². The summed E-state index contributed by atoms with van der Waals surface area (Å²) in [5, 5.41) is 2.95. The van der Waals surface area contributed by atoms with Crippen LogP contribution < -0.4 is 4.74 Å². The molecule has 0 radical (unpaired) electrons. The van der Waals surface area contributed by atoms with Gasteiger partial charge in [0.05, 0.1) is 23.2 Å². The van der Waals surface area contributed by atoms with Gasteiger partial charge in [-0.2, -0.15) is 0 Å². The maximum Gasteiger partial charge on any atom is 0.123 e. The van der Waals surface area contributed by atoms with Crippen molar-refractivity contribution in [2.45, 2.75) is 12.3 Å². The second-order valence-electron chi connectivity index (χ2n) is 3.42. The molecule has 17 heavy (non-hydrogen) atoms. The Morgan fingerprint density at radius 1 is 1.29 bits per heavy atom. The number of hydrogen-bond acceptors (Lipinski definition) is 3. The molecule has 90 valence electrons.